The minimum absolute atomic E-state index is 0.154. The molecule has 20 heavy (non-hydrogen) atoms. The number of ether oxygens (including phenoxy) is 2. The van der Waals surface area contributed by atoms with Crippen LogP contribution in [0.25, 0.3) is 0 Å². The van der Waals surface area contributed by atoms with Crippen LogP contribution in [0.15, 0.2) is 18.2 Å². The molecule has 0 amide bonds. The Morgan fingerprint density at radius 3 is 2.65 bits per heavy atom. The predicted octanol–water partition coefficient (Wildman–Crippen LogP) is 1.50. The molecular weight excluding hydrogens is 267 g/mol. The number of carbonyl (C=O) groups excluding carboxylic acids is 1. The van der Waals surface area contributed by atoms with Crippen LogP contribution < -0.4 is 0 Å². The summed E-state index contributed by atoms with van der Waals surface area (Å²) in [5.41, 5.74) is -1.26. The molecule has 1 N–H and O–H groups in total. The Morgan fingerprint density at radius 2 is 2.10 bits per heavy atom. The van der Waals surface area contributed by atoms with E-state index in [1.54, 1.807) is 0 Å². The largest absolute Gasteiger partial charge is 0.479 e. The van der Waals surface area contributed by atoms with Gasteiger partial charge in [-0.2, -0.15) is 0 Å². The highest BCUT2D eigenvalue weighted by Crippen LogP contribution is 2.59. The van der Waals surface area contributed by atoms with Crippen molar-refractivity contribution >= 4 is 11.9 Å². The van der Waals surface area contributed by atoms with Crippen molar-refractivity contribution in [3.63, 3.8) is 0 Å². The predicted molar refractivity (Wildman–Crippen MR) is 65.0 cm³/mol. The van der Waals surface area contributed by atoms with Crippen LogP contribution in [0.4, 0.5) is 4.39 Å². The van der Waals surface area contributed by atoms with E-state index in [0.717, 1.165) is 0 Å². The fourth-order valence-corrected chi connectivity index (χ4v) is 3.18. The number of esters is 1. The average Bonchev–Trinajstić information content (AvgIpc) is 2.95. The maximum Gasteiger partial charge on any atom is 0.337 e. The second kappa shape index (κ2) is 4.02. The van der Waals surface area contributed by atoms with Crippen LogP contribution in [0, 0.1) is 5.82 Å². The summed E-state index contributed by atoms with van der Waals surface area (Å²) in [4.78, 5) is 22.7. The Balaban J connectivity index is 1.97. The number of hydrogen-bond acceptors (Lipinski definition) is 4. The van der Waals surface area contributed by atoms with E-state index in [2.05, 4.69) is 4.74 Å². The van der Waals surface area contributed by atoms with E-state index in [1.165, 1.54) is 25.3 Å². The van der Waals surface area contributed by atoms with Gasteiger partial charge in [0.25, 0.3) is 0 Å². The fourth-order valence-electron chi connectivity index (χ4n) is 3.18. The van der Waals surface area contributed by atoms with Crippen LogP contribution >= 0.6 is 0 Å². The Labute approximate surface area is 114 Å². The van der Waals surface area contributed by atoms with Crippen LogP contribution in [0.2, 0.25) is 0 Å². The number of methoxy groups -OCH3 is 1. The number of benzene rings is 1. The average molecular weight is 280 g/mol. The first-order valence-electron chi connectivity index (χ1n) is 6.18. The maximum absolute atomic E-state index is 14.0. The van der Waals surface area contributed by atoms with Crippen LogP contribution in [-0.2, 0) is 19.7 Å². The summed E-state index contributed by atoms with van der Waals surface area (Å²) in [5, 5.41) is 9.13. The smallest absolute Gasteiger partial charge is 0.337 e. The Bertz CT molecular complexity index is 604. The SMILES string of the molecule is COC(=O)c1ccc(F)c(C23COC(C(=O)O)(C2)C3)c1. The summed E-state index contributed by atoms with van der Waals surface area (Å²) in [6.45, 7) is 0.154. The van der Waals surface area contributed by atoms with Crippen molar-refractivity contribution in [1.82, 2.24) is 0 Å². The van der Waals surface area contributed by atoms with Gasteiger partial charge in [0.15, 0.2) is 5.60 Å². The van der Waals surface area contributed by atoms with Crippen molar-refractivity contribution in [1.29, 1.82) is 0 Å². The summed E-state index contributed by atoms with van der Waals surface area (Å²) >= 11 is 0. The summed E-state index contributed by atoms with van der Waals surface area (Å²) in [5.74, 6) is -2.03. The van der Waals surface area contributed by atoms with Gasteiger partial charge in [0.2, 0.25) is 0 Å². The number of carboxylic acids is 1. The summed E-state index contributed by atoms with van der Waals surface area (Å²) in [6, 6.07) is 3.98. The van der Waals surface area contributed by atoms with E-state index in [0.29, 0.717) is 5.56 Å². The zero-order valence-corrected chi connectivity index (χ0v) is 10.8. The molecule has 3 fully saturated rings. The van der Waals surface area contributed by atoms with Gasteiger partial charge >= 0.3 is 11.9 Å². The lowest BCUT2D eigenvalue weighted by Crippen LogP contribution is -2.52. The van der Waals surface area contributed by atoms with Crippen molar-refractivity contribution in [3.05, 3.63) is 35.1 Å². The van der Waals surface area contributed by atoms with Gasteiger partial charge in [0.1, 0.15) is 5.82 Å². The number of carboxylic acid groups (broad SMARTS) is 1. The number of rotatable bonds is 3. The summed E-state index contributed by atoms with van der Waals surface area (Å²) < 4.78 is 24.0. The first kappa shape index (κ1) is 13.1. The van der Waals surface area contributed by atoms with E-state index in [-0.39, 0.29) is 25.0 Å². The molecule has 106 valence electrons. The number of fused-ring (bicyclic) bond motifs is 1. The highest BCUT2D eigenvalue weighted by Gasteiger charge is 2.68. The molecular formula is C14H13FO5. The molecule has 1 aromatic carbocycles. The standard InChI is InChI=1S/C14H13FO5/c1-19-11(16)8-2-3-10(15)9(4-8)13-5-14(6-13,12(17)18)20-7-13/h2-4H,5-7H2,1H3,(H,17,18). The molecule has 0 unspecified atom stereocenters. The maximum atomic E-state index is 14.0. The van der Waals surface area contributed by atoms with Crippen LogP contribution in [-0.4, -0.2) is 36.4 Å². The lowest BCUT2D eigenvalue weighted by atomic mass is 9.59. The Hall–Kier alpha value is -1.95. The van der Waals surface area contributed by atoms with E-state index < -0.39 is 28.8 Å². The lowest BCUT2D eigenvalue weighted by molar-refractivity contribution is -0.162. The van der Waals surface area contributed by atoms with E-state index >= 15 is 0 Å². The van der Waals surface area contributed by atoms with Gasteiger partial charge in [0.05, 0.1) is 19.3 Å². The quantitative estimate of drug-likeness (QED) is 0.849. The zero-order chi connectivity index (χ0) is 14.5. The highest BCUT2D eigenvalue weighted by atomic mass is 19.1. The molecule has 2 bridgehead atoms. The van der Waals surface area contributed by atoms with Gasteiger partial charge in [-0.25, -0.2) is 14.0 Å². The first-order chi connectivity index (χ1) is 9.42. The molecule has 6 heteroatoms. The van der Waals surface area contributed by atoms with E-state index in [9.17, 15) is 14.0 Å². The number of carbonyl (C=O) groups is 2. The molecule has 2 heterocycles. The molecule has 1 saturated carbocycles. The molecule has 0 aromatic heterocycles. The molecule has 0 spiro atoms. The van der Waals surface area contributed by atoms with E-state index in [1.807, 2.05) is 0 Å². The normalized spacial score (nSPS) is 30.7. The molecule has 4 rings (SSSR count). The second-order valence-electron chi connectivity index (χ2n) is 5.41. The van der Waals surface area contributed by atoms with Gasteiger partial charge in [0, 0.05) is 5.41 Å². The van der Waals surface area contributed by atoms with Crippen LogP contribution in [0.1, 0.15) is 28.8 Å². The van der Waals surface area contributed by atoms with Gasteiger partial charge in [-0.1, -0.05) is 0 Å². The topological polar surface area (TPSA) is 72.8 Å². The molecule has 0 radical (unpaired) electrons. The van der Waals surface area contributed by atoms with Gasteiger partial charge in [-0.15, -0.1) is 0 Å². The van der Waals surface area contributed by atoms with E-state index in [4.69, 9.17) is 9.84 Å². The zero-order valence-electron chi connectivity index (χ0n) is 10.8. The number of halogens is 1. The van der Waals surface area contributed by atoms with Crippen molar-refractivity contribution < 1.29 is 28.6 Å². The minimum atomic E-state index is -1.19. The highest BCUT2D eigenvalue weighted by molar-refractivity contribution is 5.89. The molecule has 5 nitrogen and oxygen atoms in total. The van der Waals surface area contributed by atoms with Gasteiger partial charge < -0.3 is 14.6 Å². The third-order valence-electron chi connectivity index (χ3n) is 4.22. The van der Waals surface area contributed by atoms with Crippen molar-refractivity contribution in [2.45, 2.75) is 23.9 Å². The van der Waals surface area contributed by atoms with Crippen molar-refractivity contribution in [2.75, 3.05) is 13.7 Å². The monoisotopic (exact) mass is 280 g/mol. The van der Waals surface area contributed by atoms with Crippen LogP contribution in [0.5, 0.6) is 0 Å². The summed E-state index contributed by atoms with van der Waals surface area (Å²) in [7, 11) is 1.25. The van der Waals surface area contributed by atoms with Gasteiger partial charge in [-0.05, 0) is 36.6 Å². The molecule has 1 aliphatic carbocycles. The minimum Gasteiger partial charge on any atom is -0.479 e. The molecule has 2 saturated heterocycles. The molecule has 1 aromatic rings. The molecule has 3 aliphatic rings. The fraction of sp³-hybridized carbons (Fsp3) is 0.429. The Morgan fingerprint density at radius 1 is 1.40 bits per heavy atom. The third kappa shape index (κ3) is 1.57. The van der Waals surface area contributed by atoms with Crippen molar-refractivity contribution in [3.8, 4) is 0 Å². The number of hydrogen-bond donors (Lipinski definition) is 1. The van der Waals surface area contributed by atoms with Gasteiger partial charge in [-0.3, -0.25) is 0 Å². The number of aliphatic carboxylic acids is 1. The first-order valence-corrected chi connectivity index (χ1v) is 6.18. The molecule has 2 aliphatic heterocycles. The second-order valence-corrected chi connectivity index (χ2v) is 5.41. The van der Waals surface area contributed by atoms with Crippen LogP contribution in [0.3, 0.4) is 0 Å². The summed E-state index contributed by atoms with van der Waals surface area (Å²) in [6.07, 6.45) is 0.466. The lowest BCUT2D eigenvalue weighted by Gasteiger charge is -2.42. The molecule has 0 atom stereocenters. The Kier molecular flexibility index (Phi) is 2.62. The third-order valence-corrected chi connectivity index (χ3v) is 4.22. The van der Waals surface area contributed by atoms with Crippen molar-refractivity contribution in [2.24, 2.45) is 0 Å².